The lowest BCUT2D eigenvalue weighted by molar-refractivity contribution is -0.116. The maximum atomic E-state index is 11.7. The lowest BCUT2D eigenvalue weighted by atomic mass is 10.0. The van der Waals surface area contributed by atoms with Gasteiger partial charge in [0.15, 0.2) is 5.82 Å². The van der Waals surface area contributed by atoms with Crippen molar-refractivity contribution >= 4 is 11.7 Å². The first-order valence-corrected chi connectivity index (χ1v) is 6.68. The van der Waals surface area contributed by atoms with E-state index < -0.39 is 0 Å². The van der Waals surface area contributed by atoms with Gasteiger partial charge >= 0.3 is 0 Å². The van der Waals surface area contributed by atoms with E-state index in [2.05, 4.69) is 15.4 Å². The standard InChI is InChI=1S/C13H21N3O3/c1-9-7-12(15-19-9)14-13(18)4-6-16-5-3-11(8-16)10(2)17/h7,10-11,17H,3-6,8H2,1-2H3,(H,14,15,18). The Balaban J connectivity index is 1.70. The van der Waals surface area contributed by atoms with E-state index in [4.69, 9.17) is 4.52 Å². The van der Waals surface area contributed by atoms with Gasteiger partial charge in [0, 0.05) is 25.6 Å². The number of rotatable bonds is 5. The molecule has 2 N–H and O–H groups in total. The van der Waals surface area contributed by atoms with Crippen molar-refractivity contribution in [3.8, 4) is 0 Å². The molecule has 1 aromatic rings. The summed E-state index contributed by atoms with van der Waals surface area (Å²) in [7, 11) is 0. The highest BCUT2D eigenvalue weighted by Crippen LogP contribution is 2.19. The molecule has 19 heavy (non-hydrogen) atoms. The van der Waals surface area contributed by atoms with Crippen LogP contribution < -0.4 is 5.32 Å². The Labute approximate surface area is 112 Å². The van der Waals surface area contributed by atoms with Crippen molar-refractivity contribution < 1.29 is 14.4 Å². The third-order valence-corrected chi connectivity index (χ3v) is 3.54. The number of anilines is 1. The van der Waals surface area contributed by atoms with Crippen LogP contribution in [0.25, 0.3) is 0 Å². The van der Waals surface area contributed by atoms with Crippen LogP contribution in [0.3, 0.4) is 0 Å². The summed E-state index contributed by atoms with van der Waals surface area (Å²) in [6, 6.07) is 1.69. The molecule has 0 saturated carbocycles. The van der Waals surface area contributed by atoms with E-state index in [1.165, 1.54) is 0 Å². The summed E-state index contributed by atoms with van der Waals surface area (Å²) in [6.45, 7) is 6.14. The Bertz CT molecular complexity index is 431. The third kappa shape index (κ3) is 4.04. The van der Waals surface area contributed by atoms with Gasteiger partial charge in [0.1, 0.15) is 5.76 Å². The van der Waals surface area contributed by atoms with Crippen molar-refractivity contribution in [2.75, 3.05) is 25.0 Å². The van der Waals surface area contributed by atoms with Crippen molar-refractivity contribution in [2.24, 2.45) is 5.92 Å². The predicted octanol–water partition coefficient (Wildman–Crippen LogP) is 1.01. The van der Waals surface area contributed by atoms with Gasteiger partial charge in [0.2, 0.25) is 5.91 Å². The first-order valence-electron chi connectivity index (χ1n) is 6.68. The molecule has 0 aliphatic carbocycles. The summed E-state index contributed by atoms with van der Waals surface area (Å²) in [5.41, 5.74) is 0. The second kappa shape index (κ2) is 6.16. The molecule has 2 rings (SSSR count). The van der Waals surface area contributed by atoms with Crippen molar-refractivity contribution in [2.45, 2.75) is 32.8 Å². The molecule has 2 unspecified atom stereocenters. The summed E-state index contributed by atoms with van der Waals surface area (Å²) < 4.78 is 4.88. The summed E-state index contributed by atoms with van der Waals surface area (Å²) in [5.74, 6) is 1.41. The van der Waals surface area contributed by atoms with Crippen LogP contribution in [0.4, 0.5) is 5.82 Å². The van der Waals surface area contributed by atoms with Crippen LogP contribution in [0.5, 0.6) is 0 Å². The number of aromatic nitrogens is 1. The minimum absolute atomic E-state index is 0.0613. The van der Waals surface area contributed by atoms with E-state index in [9.17, 15) is 9.90 Å². The number of carbonyl (C=O) groups excluding carboxylic acids is 1. The zero-order chi connectivity index (χ0) is 13.8. The molecule has 1 saturated heterocycles. The number of likely N-dealkylation sites (tertiary alicyclic amines) is 1. The van der Waals surface area contributed by atoms with E-state index in [1.807, 2.05) is 6.92 Å². The van der Waals surface area contributed by atoms with E-state index in [1.54, 1.807) is 13.0 Å². The average molecular weight is 267 g/mol. The van der Waals surface area contributed by atoms with Crippen molar-refractivity contribution in [1.82, 2.24) is 10.1 Å². The molecule has 6 nitrogen and oxygen atoms in total. The van der Waals surface area contributed by atoms with Gasteiger partial charge in [-0.3, -0.25) is 4.79 Å². The third-order valence-electron chi connectivity index (χ3n) is 3.54. The molecule has 1 aromatic heterocycles. The second-order valence-electron chi connectivity index (χ2n) is 5.21. The molecule has 0 bridgehead atoms. The summed E-state index contributed by atoms with van der Waals surface area (Å²) in [5, 5.41) is 15.9. The predicted molar refractivity (Wildman–Crippen MR) is 70.7 cm³/mol. The van der Waals surface area contributed by atoms with Crippen molar-refractivity contribution in [3.05, 3.63) is 11.8 Å². The molecule has 106 valence electrons. The fourth-order valence-corrected chi connectivity index (χ4v) is 2.35. The minimum Gasteiger partial charge on any atom is -0.393 e. The highest BCUT2D eigenvalue weighted by atomic mass is 16.5. The van der Waals surface area contributed by atoms with Crippen LogP contribution in [-0.2, 0) is 4.79 Å². The van der Waals surface area contributed by atoms with Crippen molar-refractivity contribution in [1.29, 1.82) is 0 Å². The number of amides is 1. The number of nitrogens with zero attached hydrogens (tertiary/aromatic N) is 2. The topological polar surface area (TPSA) is 78.6 Å². The smallest absolute Gasteiger partial charge is 0.226 e. The summed E-state index contributed by atoms with van der Waals surface area (Å²) in [4.78, 5) is 13.9. The van der Waals surface area contributed by atoms with Crippen LogP contribution in [-0.4, -0.2) is 46.8 Å². The normalized spacial score (nSPS) is 21.5. The fourth-order valence-electron chi connectivity index (χ4n) is 2.35. The van der Waals surface area contributed by atoms with Gasteiger partial charge in [-0.2, -0.15) is 0 Å². The average Bonchev–Trinajstić information content (AvgIpc) is 2.96. The maximum absolute atomic E-state index is 11.7. The van der Waals surface area contributed by atoms with Crippen LogP contribution in [0.15, 0.2) is 10.6 Å². The monoisotopic (exact) mass is 267 g/mol. The number of nitrogens with one attached hydrogen (secondary N) is 1. The number of hydrogen-bond donors (Lipinski definition) is 2. The fraction of sp³-hybridized carbons (Fsp3) is 0.692. The number of aliphatic hydroxyl groups is 1. The van der Waals surface area contributed by atoms with Gasteiger partial charge in [0.05, 0.1) is 6.10 Å². The van der Waals surface area contributed by atoms with Crippen LogP contribution in [0.1, 0.15) is 25.5 Å². The molecule has 2 atom stereocenters. The molecular weight excluding hydrogens is 246 g/mol. The van der Waals surface area contributed by atoms with Gasteiger partial charge < -0.3 is 19.8 Å². The van der Waals surface area contributed by atoms with Crippen LogP contribution in [0, 0.1) is 12.8 Å². The molecule has 0 radical (unpaired) electrons. The Morgan fingerprint density at radius 1 is 1.74 bits per heavy atom. The molecule has 1 fully saturated rings. The Kier molecular flexibility index (Phi) is 4.55. The zero-order valence-corrected chi connectivity index (χ0v) is 11.4. The number of hydrogen-bond acceptors (Lipinski definition) is 5. The number of aryl methyl sites for hydroxylation is 1. The van der Waals surface area contributed by atoms with Crippen molar-refractivity contribution in [3.63, 3.8) is 0 Å². The maximum Gasteiger partial charge on any atom is 0.226 e. The quantitative estimate of drug-likeness (QED) is 0.832. The number of carbonyl (C=O) groups is 1. The largest absolute Gasteiger partial charge is 0.393 e. The van der Waals surface area contributed by atoms with E-state index in [-0.39, 0.29) is 12.0 Å². The molecule has 6 heteroatoms. The molecule has 2 heterocycles. The Morgan fingerprint density at radius 3 is 3.11 bits per heavy atom. The molecule has 0 aromatic carbocycles. The molecule has 0 spiro atoms. The first-order chi connectivity index (χ1) is 9.04. The minimum atomic E-state index is -0.267. The lowest BCUT2D eigenvalue weighted by Crippen LogP contribution is -2.27. The SMILES string of the molecule is Cc1cc(NC(=O)CCN2CCC(C(C)O)C2)no1. The Hall–Kier alpha value is -1.40. The van der Waals surface area contributed by atoms with E-state index >= 15 is 0 Å². The lowest BCUT2D eigenvalue weighted by Gasteiger charge is -2.16. The first kappa shape index (κ1) is 14.0. The van der Waals surface area contributed by atoms with Crippen LogP contribution in [0.2, 0.25) is 0 Å². The van der Waals surface area contributed by atoms with Gasteiger partial charge in [-0.15, -0.1) is 0 Å². The Morgan fingerprint density at radius 2 is 2.53 bits per heavy atom. The van der Waals surface area contributed by atoms with E-state index in [0.717, 1.165) is 19.5 Å². The van der Waals surface area contributed by atoms with Gasteiger partial charge in [-0.05, 0) is 32.7 Å². The van der Waals surface area contributed by atoms with E-state index in [0.29, 0.717) is 30.5 Å². The molecule has 1 aliphatic rings. The molecular formula is C13H21N3O3. The summed E-state index contributed by atoms with van der Waals surface area (Å²) >= 11 is 0. The molecule has 1 amide bonds. The second-order valence-corrected chi connectivity index (χ2v) is 5.21. The highest BCUT2D eigenvalue weighted by molar-refractivity contribution is 5.89. The highest BCUT2D eigenvalue weighted by Gasteiger charge is 2.25. The number of aliphatic hydroxyl groups excluding tert-OH is 1. The van der Waals surface area contributed by atoms with Gasteiger partial charge in [-0.25, -0.2) is 0 Å². The molecule has 1 aliphatic heterocycles. The summed E-state index contributed by atoms with van der Waals surface area (Å²) in [6.07, 6.45) is 1.16. The van der Waals surface area contributed by atoms with Crippen LogP contribution >= 0.6 is 0 Å². The van der Waals surface area contributed by atoms with Gasteiger partial charge in [0.25, 0.3) is 0 Å². The zero-order valence-electron chi connectivity index (χ0n) is 11.4. The van der Waals surface area contributed by atoms with Gasteiger partial charge in [-0.1, -0.05) is 5.16 Å².